The smallest absolute Gasteiger partial charge is 0.123 e. The third-order valence-corrected chi connectivity index (χ3v) is 2.86. The summed E-state index contributed by atoms with van der Waals surface area (Å²) in [6.45, 7) is 2.38. The van der Waals surface area contributed by atoms with Crippen LogP contribution in [0.25, 0.3) is 5.69 Å². The Bertz CT molecular complexity index is 510. The van der Waals surface area contributed by atoms with Gasteiger partial charge in [0, 0.05) is 6.07 Å². The third-order valence-electron chi connectivity index (χ3n) is 2.86. The molecule has 0 aliphatic carbocycles. The largest absolute Gasteiger partial charge is 0.491 e. The third kappa shape index (κ3) is 3.10. The molecule has 19 heavy (non-hydrogen) atoms. The molecule has 2 heterocycles. The second kappa shape index (κ2) is 5.81. The number of aromatic nitrogens is 3. The van der Waals surface area contributed by atoms with Crippen molar-refractivity contribution in [2.24, 2.45) is 0 Å². The van der Waals surface area contributed by atoms with Gasteiger partial charge in [0.1, 0.15) is 31.1 Å². The Labute approximate surface area is 110 Å². The van der Waals surface area contributed by atoms with E-state index in [2.05, 4.69) is 10.2 Å². The molecule has 1 unspecified atom stereocenters. The minimum atomic E-state index is 0.00678. The molecular weight excluding hydrogens is 246 g/mol. The van der Waals surface area contributed by atoms with E-state index in [0.29, 0.717) is 26.4 Å². The molecule has 0 N–H and O–H groups in total. The van der Waals surface area contributed by atoms with Crippen LogP contribution in [0, 0.1) is 0 Å². The van der Waals surface area contributed by atoms with Crippen molar-refractivity contribution < 1.29 is 14.2 Å². The Morgan fingerprint density at radius 1 is 1.26 bits per heavy atom. The molecule has 1 aliphatic heterocycles. The fourth-order valence-corrected chi connectivity index (χ4v) is 1.89. The van der Waals surface area contributed by atoms with Crippen molar-refractivity contribution in [2.45, 2.75) is 6.10 Å². The van der Waals surface area contributed by atoms with Gasteiger partial charge in [-0.05, 0) is 12.1 Å². The van der Waals surface area contributed by atoms with Gasteiger partial charge in [-0.3, -0.25) is 4.57 Å². The van der Waals surface area contributed by atoms with Crippen LogP contribution >= 0.6 is 0 Å². The van der Waals surface area contributed by atoms with E-state index in [-0.39, 0.29) is 6.10 Å². The van der Waals surface area contributed by atoms with Crippen molar-refractivity contribution in [2.75, 3.05) is 26.4 Å². The number of nitrogens with zero attached hydrogens (tertiary/aromatic N) is 3. The number of rotatable bonds is 4. The Morgan fingerprint density at radius 2 is 2.16 bits per heavy atom. The molecule has 0 amide bonds. The van der Waals surface area contributed by atoms with Crippen LogP contribution < -0.4 is 4.74 Å². The van der Waals surface area contributed by atoms with Gasteiger partial charge in [-0.25, -0.2) is 0 Å². The lowest BCUT2D eigenvalue weighted by atomic mass is 10.3. The fraction of sp³-hybridized carbons (Fsp3) is 0.385. The average molecular weight is 261 g/mol. The predicted octanol–water partition coefficient (Wildman–Crippen LogP) is 1.06. The topological polar surface area (TPSA) is 58.4 Å². The van der Waals surface area contributed by atoms with E-state index in [0.717, 1.165) is 11.4 Å². The van der Waals surface area contributed by atoms with Gasteiger partial charge in [0.25, 0.3) is 0 Å². The summed E-state index contributed by atoms with van der Waals surface area (Å²) in [7, 11) is 0. The maximum atomic E-state index is 5.73. The molecule has 100 valence electrons. The van der Waals surface area contributed by atoms with Gasteiger partial charge in [-0.15, -0.1) is 10.2 Å². The first-order valence-electron chi connectivity index (χ1n) is 6.19. The highest BCUT2D eigenvalue weighted by Gasteiger charge is 2.14. The van der Waals surface area contributed by atoms with E-state index in [1.165, 1.54) is 0 Å². The van der Waals surface area contributed by atoms with Crippen LogP contribution in [0.15, 0.2) is 36.9 Å². The minimum absolute atomic E-state index is 0.00678. The first-order valence-corrected chi connectivity index (χ1v) is 6.19. The van der Waals surface area contributed by atoms with Crippen LogP contribution in [0.1, 0.15) is 0 Å². The van der Waals surface area contributed by atoms with Crippen molar-refractivity contribution in [3.8, 4) is 11.4 Å². The molecule has 0 bridgehead atoms. The Morgan fingerprint density at radius 3 is 2.95 bits per heavy atom. The lowest BCUT2D eigenvalue weighted by molar-refractivity contribution is -0.101. The molecule has 1 aromatic carbocycles. The molecule has 1 aliphatic rings. The zero-order valence-electron chi connectivity index (χ0n) is 10.4. The molecule has 1 aromatic heterocycles. The van der Waals surface area contributed by atoms with Gasteiger partial charge < -0.3 is 14.2 Å². The second-order valence-electron chi connectivity index (χ2n) is 4.25. The average Bonchev–Trinajstić information content (AvgIpc) is 3.01. The highest BCUT2D eigenvalue weighted by molar-refractivity contribution is 5.38. The number of hydrogen-bond donors (Lipinski definition) is 0. The van der Waals surface area contributed by atoms with Gasteiger partial charge in [0.15, 0.2) is 0 Å². The van der Waals surface area contributed by atoms with E-state index in [4.69, 9.17) is 14.2 Å². The molecule has 0 radical (unpaired) electrons. The van der Waals surface area contributed by atoms with Crippen molar-refractivity contribution in [1.29, 1.82) is 0 Å². The number of benzene rings is 1. The van der Waals surface area contributed by atoms with Gasteiger partial charge in [0.2, 0.25) is 0 Å². The summed E-state index contributed by atoms with van der Waals surface area (Å²) in [5.74, 6) is 0.792. The van der Waals surface area contributed by atoms with Gasteiger partial charge >= 0.3 is 0 Å². The van der Waals surface area contributed by atoms with Crippen LogP contribution in [-0.2, 0) is 9.47 Å². The van der Waals surface area contributed by atoms with Crippen molar-refractivity contribution in [1.82, 2.24) is 14.8 Å². The molecule has 1 atom stereocenters. The quantitative estimate of drug-likeness (QED) is 0.823. The second-order valence-corrected chi connectivity index (χ2v) is 4.25. The van der Waals surface area contributed by atoms with Gasteiger partial charge in [0.05, 0.1) is 25.5 Å². The van der Waals surface area contributed by atoms with Gasteiger partial charge in [-0.2, -0.15) is 0 Å². The maximum absolute atomic E-state index is 5.73. The number of hydrogen-bond acceptors (Lipinski definition) is 5. The first-order chi connectivity index (χ1) is 9.42. The Balaban J connectivity index is 1.63. The van der Waals surface area contributed by atoms with Crippen molar-refractivity contribution in [3.63, 3.8) is 0 Å². The molecule has 1 saturated heterocycles. The normalized spacial score (nSPS) is 19.3. The summed E-state index contributed by atoms with van der Waals surface area (Å²) >= 11 is 0. The molecule has 3 rings (SSSR count). The lowest BCUT2D eigenvalue weighted by Crippen LogP contribution is -2.33. The zero-order valence-corrected chi connectivity index (χ0v) is 10.4. The molecule has 1 fully saturated rings. The summed E-state index contributed by atoms with van der Waals surface area (Å²) in [6.07, 6.45) is 3.31. The molecule has 0 saturated carbocycles. The molecule has 0 spiro atoms. The van der Waals surface area contributed by atoms with E-state index in [1.54, 1.807) is 12.7 Å². The monoisotopic (exact) mass is 261 g/mol. The van der Waals surface area contributed by atoms with Gasteiger partial charge in [-0.1, -0.05) is 6.07 Å². The summed E-state index contributed by atoms with van der Waals surface area (Å²) in [6, 6.07) is 7.75. The Kier molecular flexibility index (Phi) is 3.71. The molecular formula is C13H15N3O3. The zero-order chi connectivity index (χ0) is 12.9. The Hall–Kier alpha value is -1.92. The molecule has 6 heteroatoms. The van der Waals surface area contributed by atoms with E-state index < -0.39 is 0 Å². The van der Waals surface area contributed by atoms with Crippen LogP contribution in [0.2, 0.25) is 0 Å². The SMILES string of the molecule is c1cc(OCC2COCCO2)cc(-n2cnnc2)c1. The van der Waals surface area contributed by atoms with Crippen molar-refractivity contribution >= 4 is 0 Å². The predicted molar refractivity (Wildman–Crippen MR) is 67.4 cm³/mol. The standard InChI is InChI=1S/C13H15N3O3/c1-2-11(16-9-14-15-10-16)6-12(3-1)19-8-13-7-17-4-5-18-13/h1-3,6,9-10,13H,4-5,7-8H2. The van der Waals surface area contributed by atoms with E-state index >= 15 is 0 Å². The van der Waals surface area contributed by atoms with E-state index in [9.17, 15) is 0 Å². The van der Waals surface area contributed by atoms with Crippen molar-refractivity contribution in [3.05, 3.63) is 36.9 Å². The fourth-order valence-electron chi connectivity index (χ4n) is 1.89. The lowest BCUT2D eigenvalue weighted by Gasteiger charge is -2.23. The van der Waals surface area contributed by atoms with Crippen LogP contribution in [0.3, 0.4) is 0 Å². The van der Waals surface area contributed by atoms with Crippen LogP contribution in [0.5, 0.6) is 5.75 Å². The highest BCUT2D eigenvalue weighted by Crippen LogP contribution is 2.17. The van der Waals surface area contributed by atoms with Crippen LogP contribution in [-0.4, -0.2) is 47.3 Å². The van der Waals surface area contributed by atoms with Crippen LogP contribution in [0.4, 0.5) is 0 Å². The summed E-state index contributed by atoms with van der Waals surface area (Å²) < 4.78 is 18.4. The molecule has 6 nitrogen and oxygen atoms in total. The summed E-state index contributed by atoms with van der Waals surface area (Å²) in [4.78, 5) is 0. The summed E-state index contributed by atoms with van der Waals surface area (Å²) in [5, 5.41) is 7.57. The highest BCUT2D eigenvalue weighted by atomic mass is 16.6. The maximum Gasteiger partial charge on any atom is 0.123 e. The first kappa shape index (κ1) is 12.1. The van der Waals surface area contributed by atoms with E-state index in [1.807, 2.05) is 28.8 Å². The summed E-state index contributed by atoms with van der Waals surface area (Å²) in [5.41, 5.74) is 0.961. The molecule has 2 aromatic rings. The number of ether oxygens (including phenoxy) is 3. The minimum Gasteiger partial charge on any atom is -0.491 e.